The molecule has 174 valence electrons. The molecule has 3 aromatic carbocycles. The first-order valence-corrected chi connectivity index (χ1v) is 10.8. The van der Waals surface area contributed by atoms with Gasteiger partial charge in [-0.05, 0) is 72.9 Å². The minimum Gasteiger partial charge on any atom is -0.478 e. The van der Waals surface area contributed by atoms with Gasteiger partial charge in [0.25, 0.3) is 0 Å². The lowest BCUT2D eigenvalue weighted by Crippen LogP contribution is -2.28. The normalized spacial score (nSPS) is 16.7. The highest BCUT2D eigenvalue weighted by Crippen LogP contribution is 2.52. The van der Waals surface area contributed by atoms with Crippen molar-refractivity contribution in [2.45, 2.75) is 31.5 Å². The van der Waals surface area contributed by atoms with Crippen LogP contribution in [0.1, 0.15) is 34.3 Å². The number of carboxylic acids is 1. The summed E-state index contributed by atoms with van der Waals surface area (Å²) in [7, 11) is 0. The highest BCUT2D eigenvalue weighted by molar-refractivity contribution is 6.33. The molecule has 1 aliphatic carbocycles. The summed E-state index contributed by atoms with van der Waals surface area (Å²) >= 11 is 6.34. The van der Waals surface area contributed by atoms with Gasteiger partial charge in [-0.2, -0.15) is 0 Å². The van der Waals surface area contributed by atoms with E-state index in [1.165, 1.54) is 24.3 Å². The summed E-state index contributed by atoms with van der Waals surface area (Å²) in [5.41, 5.74) is 2.61. The van der Waals surface area contributed by atoms with Crippen molar-refractivity contribution >= 4 is 29.2 Å². The molecule has 5 rings (SSSR count). The van der Waals surface area contributed by atoms with Crippen LogP contribution in [0.25, 0.3) is 11.1 Å². The molecule has 1 aliphatic heterocycles. The molecule has 34 heavy (non-hydrogen) atoms. The summed E-state index contributed by atoms with van der Waals surface area (Å²) in [6.45, 7) is 1.88. The number of rotatable bonds is 5. The van der Waals surface area contributed by atoms with E-state index in [-0.39, 0.29) is 28.0 Å². The van der Waals surface area contributed by atoms with Crippen LogP contribution in [0.2, 0.25) is 5.02 Å². The van der Waals surface area contributed by atoms with Crippen LogP contribution in [-0.2, 0) is 10.2 Å². The fraction of sp³-hybridized carbons (Fsp3) is 0.200. The van der Waals surface area contributed by atoms with E-state index in [1.807, 2.05) is 13.0 Å². The van der Waals surface area contributed by atoms with Crippen molar-refractivity contribution in [2.24, 2.45) is 0 Å². The molecule has 1 amide bonds. The topological polar surface area (TPSA) is 84.9 Å². The Morgan fingerprint density at radius 3 is 2.38 bits per heavy atom. The molecule has 1 fully saturated rings. The number of halogens is 3. The zero-order valence-electron chi connectivity index (χ0n) is 17.8. The number of carboxylic acid groups (broad SMARTS) is 1. The Labute approximate surface area is 198 Å². The van der Waals surface area contributed by atoms with Gasteiger partial charge in [-0.1, -0.05) is 29.8 Å². The minimum absolute atomic E-state index is 0.0704. The first-order valence-electron chi connectivity index (χ1n) is 10.4. The molecule has 1 saturated carbocycles. The van der Waals surface area contributed by atoms with Gasteiger partial charge < -0.3 is 19.9 Å². The Balaban J connectivity index is 1.41. The largest absolute Gasteiger partial charge is 0.586 e. The molecule has 9 heteroatoms. The lowest BCUT2D eigenvalue weighted by Gasteiger charge is -2.17. The number of amides is 1. The molecule has 1 heterocycles. The highest BCUT2D eigenvalue weighted by atomic mass is 35.5. The maximum absolute atomic E-state index is 13.4. The number of hydrogen-bond donors (Lipinski definition) is 2. The number of benzene rings is 3. The van der Waals surface area contributed by atoms with Gasteiger partial charge in [0, 0.05) is 16.3 Å². The fourth-order valence-electron chi connectivity index (χ4n) is 4.13. The second-order valence-electron chi connectivity index (χ2n) is 8.39. The average molecular weight is 486 g/mol. The maximum Gasteiger partial charge on any atom is 0.586 e. The van der Waals surface area contributed by atoms with Gasteiger partial charge >= 0.3 is 12.3 Å². The number of nitrogens with one attached hydrogen (secondary N) is 1. The number of ether oxygens (including phenoxy) is 2. The highest BCUT2D eigenvalue weighted by Gasteiger charge is 2.52. The van der Waals surface area contributed by atoms with Crippen LogP contribution in [0, 0.1) is 6.92 Å². The zero-order valence-corrected chi connectivity index (χ0v) is 18.6. The summed E-state index contributed by atoms with van der Waals surface area (Å²) < 4.78 is 35.7. The standard InChI is InChI=1S/C25H18ClF2NO5/c1-13-2-5-16(12-18(13)17-6-3-14(22(30)31)10-19(17)26)29-23(32)24(8-9-24)15-4-7-20-21(11-15)34-25(27,28)33-20/h2-7,10-12H,8-9H2,1H3,(H,29,32)(H,30,31). The molecular formula is C25H18ClF2NO5. The van der Waals surface area contributed by atoms with E-state index < -0.39 is 17.7 Å². The van der Waals surface area contributed by atoms with Crippen LogP contribution >= 0.6 is 11.6 Å². The smallest absolute Gasteiger partial charge is 0.478 e. The minimum atomic E-state index is -3.72. The quantitative estimate of drug-likeness (QED) is 0.462. The Kier molecular flexibility index (Phi) is 5.02. The number of fused-ring (bicyclic) bond motifs is 1. The second-order valence-corrected chi connectivity index (χ2v) is 8.80. The molecule has 3 aromatic rings. The third-order valence-corrected chi connectivity index (χ3v) is 6.45. The molecule has 2 N–H and O–H groups in total. The van der Waals surface area contributed by atoms with E-state index in [4.69, 9.17) is 16.7 Å². The molecule has 0 spiro atoms. The molecule has 0 saturated heterocycles. The van der Waals surface area contributed by atoms with Crippen LogP contribution in [0.4, 0.5) is 14.5 Å². The first-order chi connectivity index (χ1) is 16.1. The van der Waals surface area contributed by atoms with Crippen LogP contribution in [-0.4, -0.2) is 23.3 Å². The monoisotopic (exact) mass is 485 g/mol. The lowest BCUT2D eigenvalue weighted by molar-refractivity contribution is -0.286. The average Bonchev–Trinajstić information content (AvgIpc) is 3.52. The number of hydrogen-bond acceptors (Lipinski definition) is 4. The number of carbonyl (C=O) groups is 2. The number of anilines is 1. The number of aryl methyl sites for hydroxylation is 1. The Morgan fingerprint density at radius 2 is 1.71 bits per heavy atom. The maximum atomic E-state index is 13.4. The van der Waals surface area contributed by atoms with Crippen molar-refractivity contribution in [3.05, 3.63) is 76.3 Å². The predicted octanol–water partition coefficient (Wildman–Crippen LogP) is 6.01. The number of aromatic carboxylic acids is 1. The first kappa shape index (κ1) is 22.2. The van der Waals surface area contributed by atoms with Crippen molar-refractivity contribution in [1.29, 1.82) is 0 Å². The van der Waals surface area contributed by atoms with Crippen LogP contribution < -0.4 is 14.8 Å². The molecule has 0 bridgehead atoms. The molecule has 0 atom stereocenters. The summed E-state index contributed by atoms with van der Waals surface area (Å²) in [5.74, 6) is -1.51. The Bertz CT molecular complexity index is 1350. The van der Waals surface area contributed by atoms with Gasteiger partial charge in [0.2, 0.25) is 5.91 Å². The van der Waals surface area contributed by atoms with Gasteiger partial charge in [-0.15, -0.1) is 8.78 Å². The SMILES string of the molecule is Cc1ccc(NC(=O)C2(c3ccc4c(c3)OC(F)(F)O4)CC2)cc1-c1ccc(C(=O)O)cc1Cl. The van der Waals surface area contributed by atoms with Gasteiger partial charge in [0.15, 0.2) is 11.5 Å². The van der Waals surface area contributed by atoms with Crippen LogP contribution in [0.3, 0.4) is 0 Å². The van der Waals surface area contributed by atoms with E-state index in [9.17, 15) is 18.4 Å². The van der Waals surface area contributed by atoms with E-state index in [0.717, 1.165) is 11.1 Å². The zero-order chi connectivity index (χ0) is 24.3. The van der Waals surface area contributed by atoms with Crippen molar-refractivity contribution in [1.82, 2.24) is 0 Å². The molecule has 0 aromatic heterocycles. The molecule has 2 aliphatic rings. The Hall–Kier alpha value is -3.65. The van der Waals surface area contributed by atoms with E-state index in [2.05, 4.69) is 14.8 Å². The van der Waals surface area contributed by atoms with Gasteiger partial charge in [-0.25, -0.2) is 4.79 Å². The van der Waals surface area contributed by atoms with Crippen molar-refractivity contribution in [2.75, 3.05) is 5.32 Å². The van der Waals surface area contributed by atoms with E-state index in [1.54, 1.807) is 24.3 Å². The summed E-state index contributed by atoms with van der Waals surface area (Å²) in [6, 6.07) is 14.2. The van der Waals surface area contributed by atoms with Crippen LogP contribution in [0.5, 0.6) is 11.5 Å². The van der Waals surface area contributed by atoms with Crippen LogP contribution in [0.15, 0.2) is 54.6 Å². The molecule has 0 radical (unpaired) electrons. The molecule has 6 nitrogen and oxygen atoms in total. The summed E-state index contributed by atoms with van der Waals surface area (Å²) in [5, 5.41) is 12.4. The lowest BCUT2D eigenvalue weighted by atomic mass is 9.94. The van der Waals surface area contributed by atoms with Gasteiger partial charge in [-0.3, -0.25) is 4.79 Å². The third kappa shape index (κ3) is 3.84. The predicted molar refractivity (Wildman–Crippen MR) is 121 cm³/mol. The van der Waals surface area contributed by atoms with Crippen molar-refractivity contribution in [3.8, 4) is 22.6 Å². The number of alkyl halides is 2. The van der Waals surface area contributed by atoms with Crippen molar-refractivity contribution in [3.63, 3.8) is 0 Å². The van der Waals surface area contributed by atoms with Crippen molar-refractivity contribution < 1.29 is 33.0 Å². The number of carbonyl (C=O) groups excluding carboxylic acids is 1. The van der Waals surface area contributed by atoms with E-state index in [0.29, 0.717) is 29.7 Å². The van der Waals surface area contributed by atoms with E-state index >= 15 is 0 Å². The Morgan fingerprint density at radius 1 is 0.971 bits per heavy atom. The third-order valence-electron chi connectivity index (χ3n) is 6.14. The fourth-order valence-corrected chi connectivity index (χ4v) is 4.41. The van der Waals surface area contributed by atoms with Gasteiger partial charge in [0.05, 0.1) is 11.0 Å². The summed E-state index contributed by atoms with van der Waals surface area (Å²) in [6.07, 6.45) is -2.59. The summed E-state index contributed by atoms with van der Waals surface area (Å²) in [4.78, 5) is 24.4. The van der Waals surface area contributed by atoms with Gasteiger partial charge in [0.1, 0.15) is 0 Å². The molecule has 0 unspecified atom stereocenters. The molecular weight excluding hydrogens is 468 g/mol. The second kappa shape index (κ2) is 7.70.